The number of nitrogens with zero attached hydrogens (tertiary/aromatic N) is 1. The van der Waals surface area contributed by atoms with Crippen molar-refractivity contribution in [1.82, 2.24) is 0 Å². The summed E-state index contributed by atoms with van der Waals surface area (Å²) in [4.78, 5) is 14.2. The average molecular weight is 377 g/mol. The summed E-state index contributed by atoms with van der Waals surface area (Å²) in [7, 11) is 4.45. The van der Waals surface area contributed by atoms with Crippen LogP contribution < -0.4 is 0 Å². The Hall–Kier alpha value is -1.47. The van der Waals surface area contributed by atoms with E-state index in [2.05, 4.69) is 26.2 Å². The maximum Gasteiger partial charge on any atom is 0.349 e. The van der Waals surface area contributed by atoms with Crippen LogP contribution >= 0.6 is 22.7 Å². The number of piperidine rings is 1. The number of ether oxygens (including phenoxy) is 1. The fourth-order valence-corrected chi connectivity index (χ4v) is 5.62. The van der Waals surface area contributed by atoms with Crippen molar-refractivity contribution in [2.45, 2.75) is 36.6 Å². The minimum absolute atomic E-state index is 0.157. The summed E-state index contributed by atoms with van der Waals surface area (Å²) in [5.41, 5.74) is -1.71. The SMILES string of the molecule is C[N+]1(C)[C@H]2C=C[C@H]1CC(OC(=O)C(O)(c1cccs1)c1cccs1)C2. The van der Waals surface area contributed by atoms with Crippen molar-refractivity contribution in [2.24, 2.45) is 0 Å². The second kappa shape index (κ2) is 6.06. The number of esters is 1. The molecule has 4 heterocycles. The van der Waals surface area contributed by atoms with Gasteiger partial charge in [-0.25, -0.2) is 4.79 Å². The lowest BCUT2D eigenvalue weighted by Gasteiger charge is -2.44. The molecule has 1 saturated heterocycles. The van der Waals surface area contributed by atoms with Crippen molar-refractivity contribution >= 4 is 28.6 Å². The minimum Gasteiger partial charge on any atom is -0.459 e. The summed E-state index contributed by atoms with van der Waals surface area (Å²) < 4.78 is 6.78. The van der Waals surface area contributed by atoms with E-state index >= 15 is 0 Å². The van der Waals surface area contributed by atoms with Crippen LogP contribution in [-0.2, 0) is 15.1 Å². The van der Waals surface area contributed by atoms with E-state index in [1.165, 1.54) is 22.7 Å². The number of fused-ring (bicyclic) bond motifs is 2. The lowest BCUT2D eigenvalue weighted by atomic mass is 9.95. The Morgan fingerprint density at radius 1 is 1.12 bits per heavy atom. The van der Waals surface area contributed by atoms with E-state index in [0.717, 1.165) is 17.3 Å². The second-order valence-corrected chi connectivity index (χ2v) is 9.21. The highest BCUT2D eigenvalue weighted by Gasteiger charge is 2.49. The highest BCUT2D eigenvalue weighted by Crippen LogP contribution is 2.40. The number of quaternary nitrogens is 1. The topological polar surface area (TPSA) is 46.5 Å². The first kappa shape index (κ1) is 17.0. The summed E-state index contributed by atoms with van der Waals surface area (Å²) in [6.45, 7) is 0. The molecule has 132 valence electrons. The van der Waals surface area contributed by atoms with Crippen LogP contribution in [0.3, 0.4) is 0 Å². The second-order valence-electron chi connectivity index (χ2n) is 7.31. The molecule has 0 saturated carbocycles. The van der Waals surface area contributed by atoms with E-state index in [0.29, 0.717) is 21.8 Å². The maximum atomic E-state index is 13.0. The zero-order valence-electron chi connectivity index (χ0n) is 14.3. The molecule has 0 aromatic carbocycles. The van der Waals surface area contributed by atoms with Gasteiger partial charge in [-0.3, -0.25) is 0 Å². The lowest BCUT2D eigenvalue weighted by molar-refractivity contribution is -0.926. The summed E-state index contributed by atoms with van der Waals surface area (Å²) in [5, 5.41) is 15.0. The molecule has 6 heteroatoms. The molecular weight excluding hydrogens is 354 g/mol. The lowest BCUT2D eigenvalue weighted by Crippen LogP contribution is -2.57. The van der Waals surface area contributed by atoms with Crippen molar-refractivity contribution in [2.75, 3.05) is 14.1 Å². The van der Waals surface area contributed by atoms with Crippen LogP contribution in [0, 0.1) is 0 Å². The number of likely N-dealkylation sites (N-methyl/N-ethyl adjacent to an activating group) is 1. The van der Waals surface area contributed by atoms with Gasteiger partial charge in [0.05, 0.1) is 23.8 Å². The van der Waals surface area contributed by atoms with E-state index in [1.807, 2.05) is 22.9 Å². The fraction of sp³-hybridized carbons (Fsp3) is 0.421. The normalized spacial score (nSPS) is 27.4. The van der Waals surface area contributed by atoms with Crippen LogP contribution in [-0.4, -0.2) is 47.8 Å². The number of aliphatic hydroxyl groups is 1. The molecule has 2 bridgehead atoms. The van der Waals surface area contributed by atoms with Gasteiger partial charge in [0.2, 0.25) is 5.60 Å². The van der Waals surface area contributed by atoms with Gasteiger partial charge in [-0.05, 0) is 35.0 Å². The highest BCUT2D eigenvalue weighted by atomic mass is 32.1. The van der Waals surface area contributed by atoms with Crippen LogP contribution in [0.5, 0.6) is 0 Å². The van der Waals surface area contributed by atoms with E-state index < -0.39 is 11.6 Å². The molecule has 2 aliphatic heterocycles. The van der Waals surface area contributed by atoms with Crippen molar-refractivity contribution in [3.8, 4) is 0 Å². The zero-order valence-corrected chi connectivity index (χ0v) is 15.9. The first-order valence-corrected chi connectivity index (χ1v) is 10.2. The number of carbonyl (C=O) groups is 1. The summed E-state index contributed by atoms with van der Waals surface area (Å²) in [5.74, 6) is -0.561. The number of carbonyl (C=O) groups excluding carboxylic acids is 1. The molecule has 1 fully saturated rings. The molecule has 4 rings (SSSR count). The Bertz CT molecular complexity index is 727. The van der Waals surface area contributed by atoms with Crippen molar-refractivity contribution in [3.05, 3.63) is 56.9 Å². The van der Waals surface area contributed by atoms with Crippen LogP contribution in [0.2, 0.25) is 0 Å². The molecule has 2 aliphatic rings. The predicted octanol–water partition coefficient (Wildman–Crippen LogP) is 3.13. The Morgan fingerprint density at radius 2 is 1.64 bits per heavy atom. The molecule has 2 aromatic rings. The van der Waals surface area contributed by atoms with Crippen molar-refractivity contribution in [3.63, 3.8) is 0 Å². The zero-order chi connectivity index (χ0) is 17.7. The van der Waals surface area contributed by atoms with Crippen molar-refractivity contribution in [1.29, 1.82) is 0 Å². The summed E-state index contributed by atoms with van der Waals surface area (Å²) in [6, 6.07) is 8.00. The molecule has 0 amide bonds. The van der Waals surface area contributed by atoms with Crippen LogP contribution in [0.1, 0.15) is 22.6 Å². The largest absolute Gasteiger partial charge is 0.459 e. The van der Waals surface area contributed by atoms with Gasteiger partial charge in [0, 0.05) is 12.8 Å². The highest BCUT2D eigenvalue weighted by molar-refractivity contribution is 7.12. The third kappa shape index (κ3) is 2.68. The molecule has 4 nitrogen and oxygen atoms in total. The molecule has 25 heavy (non-hydrogen) atoms. The Balaban J connectivity index is 1.57. The fourth-order valence-electron chi connectivity index (χ4n) is 3.91. The molecule has 2 aromatic heterocycles. The van der Waals surface area contributed by atoms with Crippen LogP contribution in [0.25, 0.3) is 0 Å². The first-order chi connectivity index (χ1) is 11.9. The third-order valence-electron chi connectivity index (χ3n) is 5.60. The van der Waals surface area contributed by atoms with Crippen LogP contribution in [0.4, 0.5) is 0 Å². The van der Waals surface area contributed by atoms with Gasteiger partial charge < -0.3 is 14.3 Å². The Kier molecular flexibility index (Phi) is 4.11. The van der Waals surface area contributed by atoms with Crippen molar-refractivity contribution < 1.29 is 19.1 Å². The molecule has 0 radical (unpaired) electrons. The van der Waals surface area contributed by atoms with Gasteiger partial charge in [-0.1, -0.05) is 12.1 Å². The van der Waals surface area contributed by atoms with Gasteiger partial charge >= 0.3 is 5.97 Å². The number of hydrogen-bond donors (Lipinski definition) is 1. The maximum absolute atomic E-state index is 13.0. The summed E-state index contributed by atoms with van der Waals surface area (Å²) >= 11 is 2.74. The van der Waals surface area contributed by atoms with Gasteiger partial charge in [-0.2, -0.15) is 0 Å². The van der Waals surface area contributed by atoms with Gasteiger partial charge in [0.1, 0.15) is 18.2 Å². The molecular formula is C19H22NO3S2+. The minimum atomic E-state index is -1.71. The standard InChI is InChI=1S/C19H22NO3S2/c1-20(2)13-7-8-14(20)12-15(11-13)23-18(21)19(22,16-5-3-9-24-16)17-6-4-10-25-17/h3-10,13-15,22H,11-12H2,1-2H3/q+1/t13-,14-/m0/s1. The smallest absolute Gasteiger partial charge is 0.349 e. The molecule has 0 aliphatic carbocycles. The van der Waals surface area contributed by atoms with Gasteiger partial charge in [0.25, 0.3) is 0 Å². The number of hydrogen-bond acceptors (Lipinski definition) is 5. The predicted molar refractivity (Wildman–Crippen MR) is 99.6 cm³/mol. The molecule has 2 atom stereocenters. The molecule has 0 spiro atoms. The van der Waals surface area contributed by atoms with E-state index in [-0.39, 0.29) is 6.10 Å². The van der Waals surface area contributed by atoms with Crippen LogP contribution in [0.15, 0.2) is 47.2 Å². The molecule has 1 N–H and O–H groups in total. The average Bonchev–Trinajstić information content (AvgIpc) is 3.29. The van der Waals surface area contributed by atoms with E-state index in [4.69, 9.17) is 4.74 Å². The Morgan fingerprint density at radius 3 is 2.08 bits per heavy atom. The number of thiophene rings is 2. The molecule has 0 unspecified atom stereocenters. The van der Waals surface area contributed by atoms with Gasteiger partial charge in [-0.15, -0.1) is 22.7 Å². The monoisotopic (exact) mass is 376 g/mol. The Labute approximate surface area is 155 Å². The van der Waals surface area contributed by atoms with E-state index in [9.17, 15) is 9.90 Å². The summed E-state index contributed by atoms with van der Waals surface area (Å²) in [6.07, 6.45) is 5.93. The quantitative estimate of drug-likeness (QED) is 0.507. The van der Waals surface area contributed by atoms with Gasteiger partial charge in [0.15, 0.2) is 0 Å². The third-order valence-corrected chi connectivity index (χ3v) is 7.56. The first-order valence-electron chi connectivity index (χ1n) is 8.45. The van der Waals surface area contributed by atoms with E-state index in [1.54, 1.807) is 12.1 Å². The number of rotatable bonds is 4.